The van der Waals surface area contributed by atoms with Gasteiger partial charge >= 0.3 is 0 Å². The second-order valence-corrected chi connectivity index (χ2v) is 13.1. The highest BCUT2D eigenvalue weighted by molar-refractivity contribution is 6.13. The highest BCUT2D eigenvalue weighted by atomic mass is 16.5. The van der Waals surface area contributed by atoms with Gasteiger partial charge in [-0.15, -0.1) is 0 Å². The molecule has 1 aliphatic heterocycles. The van der Waals surface area contributed by atoms with Crippen LogP contribution in [-0.2, 0) is 0 Å². The minimum absolute atomic E-state index is 0.00587. The monoisotopic (exact) mass is 676 g/mol. The molecule has 0 radical (unpaired) electrons. The molecule has 0 spiro atoms. The molecule has 4 aromatic carbocycles. The van der Waals surface area contributed by atoms with Gasteiger partial charge in [-0.2, -0.15) is 0 Å². The Morgan fingerprint density at radius 2 is 1.74 bits per heavy atom. The minimum atomic E-state index is -0.179. The normalized spacial score (nSPS) is 13.8. The number of carbonyl (C=O) groups excluding carboxylic acids is 1. The Hall–Kier alpha value is -4.93. The number of rotatable bonds is 14. The third-order valence-corrected chi connectivity index (χ3v) is 9.39. The van der Waals surface area contributed by atoms with Gasteiger partial charge in [0.15, 0.2) is 11.5 Å². The van der Waals surface area contributed by atoms with Gasteiger partial charge in [0, 0.05) is 61.8 Å². The van der Waals surface area contributed by atoms with Crippen LogP contribution in [0.25, 0.3) is 21.7 Å². The number of benzene rings is 4. The Morgan fingerprint density at radius 1 is 0.940 bits per heavy atom. The summed E-state index contributed by atoms with van der Waals surface area (Å²) in [6.07, 6.45) is 3.42. The second kappa shape index (κ2) is 16.2. The van der Waals surface area contributed by atoms with Crippen LogP contribution in [0, 0.1) is 0 Å². The van der Waals surface area contributed by atoms with Gasteiger partial charge in [-0.05, 0) is 105 Å². The molecule has 1 aliphatic rings. The SMILES string of the molecule is CCCN(CC)CCCOc1cc2ncnc(Oc3ccc4c(C(=O)Nc5ccc(N6CCN(C(C)C)CC6)cc5)cccc4c3)c2cc1O. The first-order valence-corrected chi connectivity index (χ1v) is 17.8. The summed E-state index contributed by atoms with van der Waals surface area (Å²) in [7, 11) is 0. The number of piperazine rings is 1. The summed E-state index contributed by atoms with van der Waals surface area (Å²) in [5, 5.41) is 16.1. The standard InChI is InChI=1S/C40H48N6O4/c1-5-17-44(6-2)18-8-23-49-38-26-36-35(25-37(38)47)40(42-27-41-36)50-32-15-16-33-29(24-32)9-7-10-34(33)39(48)43-30-11-13-31(14-12-30)46-21-19-45(20-22-46)28(3)4/h7,9-16,24-28,47H,5-6,8,17-23H2,1-4H3,(H,43,48). The molecule has 0 bridgehead atoms. The largest absolute Gasteiger partial charge is 0.504 e. The maximum absolute atomic E-state index is 13.4. The molecule has 1 saturated heterocycles. The van der Waals surface area contributed by atoms with E-state index in [4.69, 9.17) is 9.47 Å². The number of nitrogens with zero attached hydrogens (tertiary/aromatic N) is 5. The van der Waals surface area contributed by atoms with Gasteiger partial charge in [0.05, 0.1) is 17.5 Å². The number of hydrogen-bond donors (Lipinski definition) is 2. The first-order chi connectivity index (χ1) is 24.3. The van der Waals surface area contributed by atoms with E-state index in [0.29, 0.717) is 46.5 Å². The molecule has 1 aromatic heterocycles. The fourth-order valence-corrected chi connectivity index (χ4v) is 6.55. The van der Waals surface area contributed by atoms with Crippen LogP contribution in [0.1, 0.15) is 50.9 Å². The van der Waals surface area contributed by atoms with E-state index in [1.807, 2.05) is 48.5 Å². The van der Waals surface area contributed by atoms with Crippen molar-refractivity contribution in [2.24, 2.45) is 0 Å². The van der Waals surface area contributed by atoms with Crippen LogP contribution in [-0.4, -0.2) is 89.2 Å². The van der Waals surface area contributed by atoms with E-state index in [9.17, 15) is 9.90 Å². The number of nitrogens with one attached hydrogen (secondary N) is 1. The minimum Gasteiger partial charge on any atom is -0.504 e. The van der Waals surface area contributed by atoms with Gasteiger partial charge in [0.2, 0.25) is 5.88 Å². The Balaban J connectivity index is 1.11. The molecule has 2 N–H and O–H groups in total. The van der Waals surface area contributed by atoms with E-state index >= 15 is 0 Å². The van der Waals surface area contributed by atoms with Gasteiger partial charge in [-0.1, -0.05) is 26.0 Å². The van der Waals surface area contributed by atoms with E-state index in [1.54, 1.807) is 12.1 Å². The summed E-state index contributed by atoms with van der Waals surface area (Å²) < 4.78 is 12.1. The fourth-order valence-electron chi connectivity index (χ4n) is 6.55. The van der Waals surface area contributed by atoms with Crippen molar-refractivity contribution >= 4 is 39.0 Å². The molecule has 0 saturated carbocycles. The van der Waals surface area contributed by atoms with Crippen LogP contribution in [0.4, 0.5) is 11.4 Å². The third-order valence-electron chi connectivity index (χ3n) is 9.39. The van der Waals surface area contributed by atoms with E-state index in [1.165, 1.54) is 12.0 Å². The molecule has 5 aromatic rings. The van der Waals surface area contributed by atoms with E-state index < -0.39 is 0 Å². The average molecular weight is 677 g/mol. The van der Waals surface area contributed by atoms with Crippen LogP contribution < -0.4 is 19.7 Å². The molecule has 2 heterocycles. The molecule has 1 fully saturated rings. The van der Waals surface area contributed by atoms with Crippen molar-refractivity contribution in [3.05, 3.63) is 84.7 Å². The summed E-state index contributed by atoms with van der Waals surface area (Å²) in [6.45, 7) is 16.4. The van der Waals surface area contributed by atoms with Gasteiger partial charge in [-0.3, -0.25) is 9.69 Å². The first kappa shape index (κ1) is 34.9. The Kier molecular flexibility index (Phi) is 11.3. The van der Waals surface area contributed by atoms with Crippen molar-refractivity contribution in [3.8, 4) is 23.1 Å². The average Bonchev–Trinajstić information content (AvgIpc) is 3.13. The van der Waals surface area contributed by atoms with Crippen molar-refractivity contribution < 1.29 is 19.4 Å². The maximum Gasteiger partial charge on any atom is 0.256 e. The van der Waals surface area contributed by atoms with Crippen molar-refractivity contribution in [1.29, 1.82) is 0 Å². The smallest absolute Gasteiger partial charge is 0.256 e. The van der Waals surface area contributed by atoms with Crippen molar-refractivity contribution in [2.75, 3.05) is 62.6 Å². The number of phenolic OH excluding ortho intramolecular Hbond substituents is 1. The van der Waals surface area contributed by atoms with Crippen molar-refractivity contribution in [1.82, 2.24) is 19.8 Å². The number of aromatic nitrogens is 2. The van der Waals surface area contributed by atoms with E-state index in [-0.39, 0.29) is 11.7 Å². The van der Waals surface area contributed by atoms with Crippen molar-refractivity contribution in [3.63, 3.8) is 0 Å². The number of ether oxygens (including phenoxy) is 2. The summed E-state index contributed by atoms with van der Waals surface area (Å²) in [4.78, 5) is 29.5. The van der Waals surface area contributed by atoms with Crippen LogP contribution in [0.5, 0.6) is 23.1 Å². The summed E-state index contributed by atoms with van der Waals surface area (Å²) >= 11 is 0. The summed E-state index contributed by atoms with van der Waals surface area (Å²) in [5.41, 5.74) is 3.09. The van der Waals surface area contributed by atoms with Crippen LogP contribution in [0.15, 0.2) is 79.1 Å². The molecule has 0 atom stereocenters. The quantitative estimate of drug-likeness (QED) is 0.115. The van der Waals surface area contributed by atoms with E-state index in [0.717, 1.165) is 75.1 Å². The zero-order valence-electron chi connectivity index (χ0n) is 29.6. The Morgan fingerprint density at radius 3 is 2.48 bits per heavy atom. The summed E-state index contributed by atoms with van der Waals surface area (Å²) in [6, 6.07) is 23.2. The predicted molar refractivity (Wildman–Crippen MR) is 201 cm³/mol. The predicted octanol–water partition coefficient (Wildman–Crippen LogP) is 7.56. The Labute approximate surface area is 294 Å². The lowest BCUT2D eigenvalue weighted by Crippen LogP contribution is -2.48. The maximum atomic E-state index is 13.4. The first-order valence-electron chi connectivity index (χ1n) is 17.8. The van der Waals surface area contributed by atoms with Crippen LogP contribution in [0.2, 0.25) is 0 Å². The van der Waals surface area contributed by atoms with Gasteiger partial charge in [0.25, 0.3) is 5.91 Å². The molecule has 0 unspecified atom stereocenters. The van der Waals surface area contributed by atoms with Gasteiger partial charge in [0.1, 0.15) is 12.1 Å². The van der Waals surface area contributed by atoms with Crippen molar-refractivity contribution in [2.45, 2.75) is 46.6 Å². The molecule has 6 rings (SSSR count). The zero-order chi connectivity index (χ0) is 35.0. The Bertz CT molecular complexity index is 1910. The number of fused-ring (bicyclic) bond motifs is 2. The zero-order valence-corrected chi connectivity index (χ0v) is 29.6. The topological polar surface area (TPSA) is 103 Å². The number of anilines is 2. The van der Waals surface area contributed by atoms with E-state index in [2.05, 4.69) is 69.8 Å². The van der Waals surface area contributed by atoms with Crippen LogP contribution >= 0.6 is 0 Å². The lowest BCUT2D eigenvalue weighted by molar-refractivity contribution is 0.102. The molecule has 0 aliphatic carbocycles. The highest BCUT2D eigenvalue weighted by Crippen LogP contribution is 2.36. The van der Waals surface area contributed by atoms with Crippen LogP contribution in [0.3, 0.4) is 0 Å². The lowest BCUT2D eigenvalue weighted by atomic mass is 10.0. The molecule has 10 nitrogen and oxygen atoms in total. The van der Waals surface area contributed by atoms with Gasteiger partial charge < -0.3 is 29.7 Å². The lowest BCUT2D eigenvalue weighted by Gasteiger charge is -2.38. The number of amides is 1. The second-order valence-electron chi connectivity index (χ2n) is 13.1. The number of phenols is 1. The number of aromatic hydroxyl groups is 1. The summed E-state index contributed by atoms with van der Waals surface area (Å²) in [5.74, 6) is 1.07. The molecule has 1 amide bonds. The number of hydrogen-bond acceptors (Lipinski definition) is 9. The highest BCUT2D eigenvalue weighted by Gasteiger charge is 2.19. The molecule has 50 heavy (non-hydrogen) atoms. The third kappa shape index (κ3) is 8.26. The molecule has 262 valence electrons. The molecule has 10 heteroatoms. The van der Waals surface area contributed by atoms with Gasteiger partial charge in [-0.25, -0.2) is 9.97 Å². The fraction of sp³-hybridized carbons (Fsp3) is 0.375. The molecular weight excluding hydrogens is 628 g/mol. The molecular formula is C40H48N6O4. The number of carbonyl (C=O) groups is 1.